The van der Waals surface area contributed by atoms with E-state index in [4.69, 9.17) is 4.74 Å². The molecule has 0 amide bonds. The van der Waals surface area contributed by atoms with Crippen LogP contribution >= 0.6 is 0 Å². The van der Waals surface area contributed by atoms with E-state index in [0.29, 0.717) is 31.0 Å². The van der Waals surface area contributed by atoms with Crippen molar-refractivity contribution in [1.82, 2.24) is 0 Å². The predicted octanol–water partition coefficient (Wildman–Crippen LogP) is 7.31. The molecule has 154 valence electrons. The molecule has 0 heterocycles. The molecule has 0 aliphatic rings. The normalized spacial score (nSPS) is 12.8. The molecule has 1 aromatic rings. The summed E-state index contributed by atoms with van der Waals surface area (Å²) in [5.74, 6) is -1.99. The maximum atomic E-state index is 13.4. The third-order valence-corrected chi connectivity index (χ3v) is 4.54. The van der Waals surface area contributed by atoms with Crippen LogP contribution < -0.4 is 0 Å². The maximum Gasteiger partial charge on any atom is 0.417 e. The third-order valence-electron chi connectivity index (χ3n) is 4.54. The largest absolute Gasteiger partial charge is 0.459 e. The van der Waals surface area contributed by atoms with Gasteiger partial charge in [0.2, 0.25) is 0 Å². The van der Waals surface area contributed by atoms with Crippen molar-refractivity contribution in [2.24, 2.45) is 0 Å². The number of unbranched alkanes of at least 4 members (excludes halogenated alkanes) is 6. The van der Waals surface area contributed by atoms with Gasteiger partial charge in [0.1, 0.15) is 11.9 Å². The fourth-order valence-electron chi connectivity index (χ4n) is 3.01. The van der Waals surface area contributed by atoms with Gasteiger partial charge in [0.15, 0.2) is 0 Å². The van der Waals surface area contributed by atoms with Gasteiger partial charge in [-0.1, -0.05) is 52.4 Å². The minimum atomic E-state index is -4.74. The highest BCUT2D eigenvalue weighted by molar-refractivity contribution is 5.91. The van der Waals surface area contributed by atoms with Crippen molar-refractivity contribution in [2.45, 2.75) is 90.3 Å². The Balaban J connectivity index is 2.80. The lowest BCUT2D eigenvalue weighted by Crippen LogP contribution is -2.22. The molecule has 0 aliphatic carbocycles. The molecule has 1 aromatic carbocycles. The second kappa shape index (κ2) is 12.0. The second-order valence-corrected chi connectivity index (χ2v) is 6.91. The summed E-state index contributed by atoms with van der Waals surface area (Å²) in [4.78, 5) is 12.4. The Morgan fingerprint density at radius 1 is 0.963 bits per heavy atom. The SMILES string of the molecule is CCCCCCCC(CCCCC)OC(=O)c1cc(F)ccc1C(F)(F)F. The van der Waals surface area contributed by atoms with Crippen LogP contribution in [0, 0.1) is 5.82 Å². The molecule has 0 saturated heterocycles. The fourth-order valence-corrected chi connectivity index (χ4v) is 3.01. The summed E-state index contributed by atoms with van der Waals surface area (Å²) in [6.07, 6.45) is 4.09. The molecule has 0 aromatic heterocycles. The Morgan fingerprint density at radius 2 is 1.52 bits per heavy atom. The van der Waals surface area contributed by atoms with Crippen molar-refractivity contribution in [3.05, 3.63) is 35.1 Å². The standard InChI is InChI=1S/C21H30F4O2/c1-3-5-7-8-10-12-17(11-9-6-4-2)27-20(26)18-15-16(22)13-14-19(18)21(23,24)25/h13-15,17H,3-12H2,1-2H3. The Kier molecular flexibility index (Phi) is 10.4. The van der Waals surface area contributed by atoms with E-state index in [2.05, 4.69) is 6.92 Å². The van der Waals surface area contributed by atoms with E-state index in [1.165, 1.54) is 0 Å². The van der Waals surface area contributed by atoms with E-state index < -0.39 is 35.2 Å². The molecule has 0 fully saturated rings. The number of halogens is 4. The average Bonchev–Trinajstić information content (AvgIpc) is 2.60. The molecule has 1 atom stereocenters. The predicted molar refractivity (Wildman–Crippen MR) is 98.1 cm³/mol. The highest BCUT2D eigenvalue weighted by Crippen LogP contribution is 2.33. The number of carbonyl (C=O) groups is 1. The Labute approximate surface area is 159 Å². The molecule has 27 heavy (non-hydrogen) atoms. The summed E-state index contributed by atoms with van der Waals surface area (Å²) in [5.41, 5.74) is -1.92. The lowest BCUT2D eigenvalue weighted by atomic mass is 10.0. The summed E-state index contributed by atoms with van der Waals surface area (Å²) < 4.78 is 58.2. The van der Waals surface area contributed by atoms with E-state index in [0.717, 1.165) is 51.4 Å². The van der Waals surface area contributed by atoms with Crippen LogP contribution in [-0.4, -0.2) is 12.1 Å². The molecular formula is C21H30F4O2. The molecule has 1 unspecified atom stereocenters. The summed E-state index contributed by atoms with van der Waals surface area (Å²) in [6, 6.07) is 1.89. The zero-order valence-corrected chi connectivity index (χ0v) is 16.2. The average molecular weight is 390 g/mol. The van der Waals surface area contributed by atoms with Crippen molar-refractivity contribution in [2.75, 3.05) is 0 Å². The van der Waals surface area contributed by atoms with Crippen molar-refractivity contribution in [3.8, 4) is 0 Å². The second-order valence-electron chi connectivity index (χ2n) is 6.91. The lowest BCUT2D eigenvalue weighted by Gasteiger charge is -2.19. The topological polar surface area (TPSA) is 26.3 Å². The smallest absolute Gasteiger partial charge is 0.417 e. The minimum Gasteiger partial charge on any atom is -0.459 e. The molecule has 0 bridgehead atoms. The Bertz CT molecular complexity index is 570. The molecule has 0 radical (unpaired) electrons. The number of rotatable bonds is 12. The van der Waals surface area contributed by atoms with Crippen LogP contribution in [0.2, 0.25) is 0 Å². The van der Waals surface area contributed by atoms with Crippen molar-refractivity contribution < 1.29 is 27.1 Å². The molecule has 0 N–H and O–H groups in total. The van der Waals surface area contributed by atoms with Gasteiger partial charge in [-0.2, -0.15) is 13.2 Å². The number of hydrogen-bond donors (Lipinski definition) is 0. The van der Waals surface area contributed by atoms with Crippen LogP contribution in [0.4, 0.5) is 17.6 Å². The van der Waals surface area contributed by atoms with Gasteiger partial charge in [-0.3, -0.25) is 0 Å². The molecule has 2 nitrogen and oxygen atoms in total. The molecule has 1 rings (SSSR count). The fraction of sp³-hybridized carbons (Fsp3) is 0.667. The number of hydrogen-bond acceptors (Lipinski definition) is 2. The van der Waals surface area contributed by atoms with Gasteiger partial charge < -0.3 is 4.74 Å². The monoisotopic (exact) mass is 390 g/mol. The zero-order chi connectivity index (χ0) is 20.3. The van der Waals surface area contributed by atoms with Gasteiger partial charge in [0, 0.05) is 0 Å². The first-order valence-corrected chi connectivity index (χ1v) is 9.87. The van der Waals surface area contributed by atoms with Crippen LogP contribution in [0.3, 0.4) is 0 Å². The quantitative estimate of drug-likeness (QED) is 0.212. The Morgan fingerprint density at radius 3 is 2.11 bits per heavy atom. The summed E-state index contributed by atoms with van der Waals surface area (Å²) >= 11 is 0. The van der Waals surface area contributed by atoms with Gasteiger partial charge >= 0.3 is 12.1 Å². The first-order valence-electron chi connectivity index (χ1n) is 9.87. The zero-order valence-electron chi connectivity index (χ0n) is 16.2. The summed E-state index contributed by atoms with van der Waals surface area (Å²) in [5, 5.41) is 0. The highest BCUT2D eigenvalue weighted by atomic mass is 19.4. The number of esters is 1. The maximum absolute atomic E-state index is 13.4. The highest BCUT2D eigenvalue weighted by Gasteiger charge is 2.36. The van der Waals surface area contributed by atoms with Crippen LogP contribution in [-0.2, 0) is 10.9 Å². The minimum absolute atomic E-state index is 0.435. The molecular weight excluding hydrogens is 360 g/mol. The molecule has 0 saturated carbocycles. The van der Waals surface area contributed by atoms with Crippen LogP contribution in [0.15, 0.2) is 18.2 Å². The van der Waals surface area contributed by atoms with Crippen LogP contribution in [0.1, 0.15) is 94.0 Å². The number of carbonyl (C=O) groups excluding carboxylic acids is 1. The van der Waals surface area contributed by atoms with E-state index in [1.807, 2.05) is 6.92 Å². The van der Waals surface area contributed by atoms with E-state index in [9.17, 15) is 22.4 Å². The van der Waals surface area contributed by atoms with Gasteiger partial charge in [-0.25, -0.2) is 9.18 Å². The van der Waals surface area contributed by atoms with Gasteiger partial charge in [-0.05, 0) is 43.9 Å². The van der Waals surface area contributed by atoms with Crippen molar-refractivity contribution in [1.29, 1.82) is 0 Å². The van der Waals surface area contributed by atoms with Crippen molar-refractivity contribution >= 4 is 5.97 Å². The molecule has 0 spiro atoms. The first-order chi connectivity index (χ1) is 12.8. The van der Waals surface area contributed by atoms with Gasteiger partial charge in [-0.15, -0.1) is 0 Å². The van der Waals surface area contributed by atoms with Crippen molar-refractivity contribution in [3.63, 3.8) is 0 Å². The molecule has 6 heteroatoms. The summed E-state index contributed by atoms with van der Waals surface area (Å²) in [7, 11) is 0. The number of alkyl halides is 3. The summed E-state index contributed by atoms with van der Waals surface area (Å²) in [6.45, 7) is 4.17. The van der Waals surface area contributed by atoms with Gasteiger partial charge in [0.05, 0.1) is 11.1 Å². The number of ether oxygens (including phenoxy) is 1. The Hall–Kier alpha value is -1.59. The van der Waals surface area contributed by atoms with Crippen LogP contribution in [0.25, 0.3) is 0 Å². The van der Waals surface area contributed by atoms with E-state index in [1.54, 1.807) is 0 Å². The third kappa shape index (κ3) is 8.76. The van der Waals surface area contributed by atoms with Gasteiger partial charge in [0.25, 0.3) is 0 Å². The molecule has 0 aliphatic heterocycles. The van der Waals surface area contributed by atoms with E-state index in [-0.39, 0.29) is 0 Å². The first kappa shape index (κ1) is 23.4. The number of benzene rings is 1. The van der Waals surface area contributed by atoms with E-state index >= 15 is 0 Å². The van der Waals surface area contributed by atoms with Crippen LogP contribution in [0.5, 0.6) is 0 Å². The lowest BCUT2D eigenvalue weighted by molar-refractivity contribution is -0.138.